The average Bonchev–Trinajstić information content (AvgIpc) is 2.69. The Morgan fingerprint density at radius 2 is 1.76 bits per heavy atom. The molecule has 0 fully saturated rings. The molecule has 0 aliphatic heterocycles. The van der Waals surface area contributed by atoms with E-state index in [1.807, 2.05) is 45.0 Å². The molecule has 0 radical (unpaired) electrons. The molecule has 0 saturated carbocycles. The zero-order valence-corrected chi connectivity index (χ0v) is 17.4. The van der Waals surface area contributed by atoms with Crippen LogP contribution in [0.15, 0.2) is 48.5 Å². The summed E-state index contributed by atoms with van der Waals surface area (Å²) >= 11 is 0. The van der Waals surface area contributed by atoms with E-state index in [2.05, 4.69) is 5.32 Å². The predicted molar refractivity (Wildman–Crippen MR) is 111 cm³/mol. The van der Waals surface area contributed by atoms with Gasteiger partial charge in [-0.05, 0) is 49.6 Å². The van der Waals surface area contributed by atoms with Gasteiger partial charge in [0, 0.05) is 12.6 Å². The van der Waals surface area contributed by atoms with E-state index in [4.69, 9.17) is 4.74 Å². The fourth-order valence-corrected chi connectivity index (χ4v) is 3.13. The Labute approximate surface area is 171 Å². The summed E-state index contributed by atoms with van der Waals surface area (Å²) in [5.74, 6) is -0.220. The van der Waals surface area contributed by atoms with E-state index < -0.39 is 11.9 Å². The molecule has 0 aliphatic carbocycles. The predicted octanol–water partition coefficient (Wildman–Crippen LogP) is 3.71. The van der Waals surface area contributed by atoms with Crippen LogP contribution in [0.1, 0.15) is 38.3 Å². The molecule has 156 valence electrons. The number of halogens is 1. The van der Waals surface area contributed by atoms with Gasteiger partial charge in [0.25, 0.3) is 0 Å². The molecular formula is C23H29FN2O3. The van der Waals surface area contributed by atoms with Gasteiger partial charge >= 0.3 is 0 Å². The van der Waals surface area contributed by atoms with Crippen molar-refractivity contribution in [3.63, 3.8) is 0 Å². The first-order chi connectivity index (χ1) is 13.8. The number of ether oxygens (including phenoxy) is 1. The summed E-state index contributed by atoms with van der Waals surface area (Å²) in [4.78, 5) is 27.4. The summed E-state index contributed by atoms with van der Waals surface area (Å²) < 4.78 is 19.3. The molecule has 0 aromatic heterocycles. The molecule has 1 atom stereocenters. The van der Waals surface area contributed by atoms with Crippen molar-refractivity contribution in [1.29, 1.82) is 0 Å². The SMILES string of the molecule is CC[C@H](C(=O)NC(C)C)N(Cc1ccc(OC)cc1)C(=O)Cc1ccccc1F. The zero-order valence-electron chi connectivity index (χ0n) is 17.4. The van der Waals surface area contributed by atoms with Crippen LogP contribution in [0.4, 0.5) is 4.39 Å². The first kappa shape index (κ1) is 22.4. The maximum absolute atomic E-state index is 14.1. The van der Waals surface area contributed by atoms with E-state index in [1.165, 1.54) is 11.0 Å². The van der Waals surface area contributed by atoms with Gasteiger partial charge in [-0.2, -0.15) is 0 Å². The number of rotatable bonds is 9. The quantitative estimate of drug-likeness (QED) is 0.698. The van der Waals surface area contributed by atoms with E-state index in [0.717, 1.165) is 5.56 Å². The molecule has 2 aromatic rings. The van der Waals surface area contributed by atoms with E-state index in [-0.39, 0.29) is 30.8 Å². The zero-order chi connectivity index (χ0) is 21.4. The van der Waals surface area contributed by atoms with Gasteiger partial charge in [0.1, 0.15) is 17.6 Å². The third kappa shape index (κ3) is 6.31. The minimum Gasteiger partial charge on any atom is -0.497 e. The number of amides is 2. The third-order valence-electron chi connectivity index (χ3n) is 4.63. The molecule has 1 N–H and O–H groups in total. The van der Waals surface area contributed by atoms with Crippen molar-refractivity contribution in [2.45, 2.75) is 52.2 Å². The van der Waals surface area contributed by atoms with Crippen LogP contribution in [0.3, 0.4) is 0 Å². The van der Waals surface area contributed by atoms with Crippen LogP contribution in [0.5, 0.6) is 5.75 Å². The Kier molecular flexibility index (Phi) is 8.19. The smallest absolute Gasteiger partial charge is 0.243 e. The number of hydrogen-bond donors (Lipinski definition) is 1. The van der Waals surface area contributed by atoms with Gasteiger partial charge in [0.15, 0.2) is 0 Å². The van der Waals surface area contributed by atoms with Crippen molar-refractivity contribution in [3.05, 3.63) is 65.5 Å². The summed E-state index contributed by atoms with van der Waals surface area (Å²) in [5.41, 5.74) is 1.18. The summed E-state index contributed by atoms with van der Waals surface area (Å²) in [6.07, 6.45) is 0.353. The first-order valence-corrected chi connectivity index (χ1v) is 9.81. The largest absolute Gasteiger partial charge is 0.497 e. The molecule has 0 aliphatic rings. The monoisotopic (exact) mass is 400 g/mol. The number of nitrogens with zero attached hydrogens (tertiary/aromatic N) is 1. The normalized spacial score (nSPS) is 11.8. The lowest BCUT2D eigenvalue weighted by Gasteiger charge is -2.31. The number of nitrogens with one attached hydrogen (secondary N) is 1. The highest BCUT2D eigenvalue weighted by Gasteiger charge is 2.29. The highest BCUT2D eigenvalue weighted by atomic mass is 19.1. The van der Waals surface area contributed by atoms with Crippen molar-refractivity contribution in [2.75, 3.05) is 7.11 Å². The number of hydrogen-bond acceptors (Lipinski definition) is 3. The van der Waals surface area contributed by atoms with Crippen LogP contribution in [0, 0.1) is 5.82 Å². The summed E-state index contributed by atoms with van der Waals surface area (Å²) in [7, 11) is 1.59. The molecule has 0 bridgehead atoms. The lowest BCUT2D eigenvalue weighted by atomic mass is 10.1. The Bertz CT molecular complexity index is 821. The van der Waals surface area contributed by atoms with Crippen molar-refractivity contribution in [3.8, 4) is 5.75 Å². The molecule has 2 aromatic carbocycles. The summed E-state index contributed by atoms with van der Waals surface area (Å²) in [5, 5.41) is 2.88. The fraction of sp³-hybridized carbons (Fsp3) is 0.391. The second-order valence-electron chi connectivity index (χ2n) is 7.23. The number of carbonyl (C=O) groups is 2. The Balaban J connectivity index is 2.30. The van der Waals surface area contributed by atoms with Gasteiger partial charge in [-0.1, -0.05) is 37.3 Å². The van der Waals surface area contributed by atoms with Crippen LogP contribution in [0.2, 0.25) is 0 Å². The van der Waals surface area contributed by atoms with E-state index >= 15 is 0 Å². The van der Waals surface area contributed by atoms with Crippen molar-refractivity contribution in [1.82, 2.24) is 10.2 Å². The molecular weight excluding hydrogens is 371 g/mol. The highest BCUT2D eigenvalue weighted by Crippen LogP contribution is 2.18. The number of benzene rings is 2. The second-order valence-corrected chi connectivity index (χ2v) is 7.23. The van der Waals surface area contributed by atoms with Crippen molar-refractivity contribution < 1.29 is 18.7 Å². The van der Waals surface area contributed by atoms with Crippen LogP contribution in [0.25, 0.3) is 0 Å². The third-order valence-corrected chi connectivity index (χ3v) is 4.63. The van der Waals surface area contributed by atoms with Crippen LogP contribution in [-0.4, -0.2) is 35.9 Å². The van der Waals surface area contributed by atoms with E-state index in [0.29, 0.717) is 17.7 Å². The molecule has 2 rings (SSSR count). The van der Waals surface area contributed by atoms with Gasteiger partial charge in [-0.15, -0.1) is 0 Å². The lowest BCUT2D eigenvalue weighted by Crippen LogP contribution is -2.50. The molecule has 5 nitrogen and oxygen atoms in total. The highest BCUT2D eigenvalue weighted by molar-refractivity contribution is 5.88. The average molecular weight is 400 g/mol. The molecule has 0 unspecified atom stereocenters. The number of methoxy groups -OCH3 is 1. The number of carbonyl (C=O) groups excluding carboxylic acids is 2. The second kappa shape index (κ2) is 10.6. The first-order valence-electron chi connectivity index (χ1n) is 9.81. The van der Waals surface area contributed by atoms with Crippen molar-refractivity contribution in [2.24, 2.45) is 0 Å². The van der Waals surface area contributed by atoms with Gasteiger partial charge < -0.3 is 15.0 Å². The molecule has 0 saturated heterocycles. The molecule has 0 spiro atoms. The summed E-state index contributed by atoms with van der Waals surface area (Å²) in [6.45, 7) is 5.86. The van der Waals surface area contributed by atoms with E-state index in [1.54, 1.807) is 25.3 Å². The minimum atomic E-state index is -0.640. The maximum atomic E-state index is 14.1. The van der Waals surface area contributed by atoms with Gasteiger partial charge in [0.2, 0.25) is 11.8 Å². The van der Waals surface area contributed by atoms with Gasteiger partial charge in [-0.25, -0.2) is 4.39 Å². The van der Waals surface area contributed by atoms with Crippen molar-refractivity contribution >= 4 is 11.8 Å². The lowest BCUT2D eigenvalue weighted by molar-refractivity contribution is -0.141. The van der Waals surface area contributed by atoms with Crippen LogP contribution < -0.4 is 10.1 Å². The summed E-state index contributed by atoms with van der Waals surface area (Å²) in [6, 6.07) is 12.9. The maximum Gasteiger partial charge on any atom is 0.243 e. The van der Waals surface area contributed by atoms with Crippen LogP contribution in [-0.2, 0) is 22.6 Å². The molecule has 29 heavy (non-hydrogen) atoms. The standard InChI is InChI=1S/C23H29FN2O3/c1-5-21(23(28)25-16(2)3)26(15-17-10-12-19(29-4)13-11-17)22(27)14-18-8-6-7-9-20(18)24/h6-13,16,21H,5,14-15H2,1-4H3,(H,25,28)/t21-/m1/s1. The Hall–Kier alpha value is -2.89. The fourth-order valence-electron chi connectivity index (χ4n) is 3.13. The minimum absolute atomic E-state index is 0.0407. The Morgan fingerprint density at radius 1 is 1.10 bits per heavy atom. The molecule has 0 heterocycles. The molecule has 2 amide bonds. The molecule has 6 heteroatoms. The Morgan fingerprint density at radius 3 is 2.31 bits per heavy atom. The van der Waals surface area contributed by atoms with E-state index in [9.17, 15) is 14.0 Å². The van der Waals surface area contributed by atoms with Gasteiger partial charge in [-0.3, -0.25) is 9.59 Å². The topological polar surface area (TPSA) is 58.6 Å². The van der Waals surface area contributed by atoms with Crippen LogP contribution >= 0.6 is 0 Å². The van der Waals surface area contributed by atoms with Gasteiger partial charge in [0.05, 0.1) is 13.5 Å².